The average Bonchev–Trinajstić information content (AvgIpc) is 2.42. The van der Waals surface area contributed by atoms with Crippen LogP contribution in [0.15, 0.2) is 35.9 Å². The van der Waals surface area contributed by atoms with Gasteiger partial charge in [0.25, 0.3) is 0 Å². The maximum atomic E-state index is 3.73. The molecule has 1 atom stereocenters. The molecule has 0 aromatic carbocycles. The van der Waals surface area contributed by atoms with Gasteiger partial charge in [-0.15, -0.1) is 5.47 Å². The molecule has 1 aliphatic heterocycles. The Hall–Kier alpha value is -0.650. The van der Waals surface area contributed by atoms with Crippen LogP contribution in [0, 0.1) is 5.92 Å². The summed E-state index contributed by atoms with van der Waals surface area (Å²) in [7, 11) is 2.55. The quantitative estimate of drug-likeness (QED) is 0.469. The van der Waals surface area contributed by atoms with Gasteiger partial charge >= 0.3 is 0 Å². The standard InChI is InChI=1S/C12H20B2/c1-6-7-8-11-10(4)13-14-12(11,5)9(2)3/h6-9,13-14H,1H2,2-5H3/b8-7-. The summed E-state index contributed by atoms with van der Waals surface area (Å²) >= 11 is 0. The lowest BCUT2D eigenvalue weighted by Gasteiger charge is -2.31. The molecule has 1 unspecified atom stereocenters. The molecular weight excluding hydrogens is 166 g/mol. The van der Waals surface area contributed by atoms with E-state index in [4.69, 9.17) is 0 Å². The second-order valence-corrected chi connectivity index (χ2v) is 4.86. The Morgan fingerprint density at radius 1 is 1.43 bits per heavy atom. The van der Waals surface area contributed by atoms with E-state index in [9.17, 15) is 0 Å². The zero-order valence-corrected chi connectivity index (χ0v) is 9.93. The Bertz CT molecular complexity index is 287. The highest BCUT2D eigenvalue weighted by Crippen LogP contribution is 2.47. The van der Waals surface area contributed by atoms with E-state index in [1.165, 1.54) is 19.9 Å². The zero-order valence-electron chi connectivity index (χ0n) is 9.93. The number of hydrogen-bond acceptors (Lipinski definition) is 0. The molecule has 1 heterocycles. The average molecular weight is 186 g/mol. The molecule has 0 spiro atoms. The van der Waals surface area contributed by atoms with Gasteiger partial charge in [0.2, 0.25) is 0 Å². The summed E-state index contributed by atoms with van der Waals surface area (Å²) in [6.45, 7) is 13.0. The molecule has 14 heavy (non-hydrogen) atoms. The Balaban J connectivity index is 3.02. The maximum Gasteiger partial charge on any atom is 0.119 e. The molecular formula is C12H20B2. The molecule has 0 bridgehead atoms. The summed E-state index contributed by atoms with van der Waals surface area (Å²) in [6.07, 6.45) is 6.17. The van der Waals surface area contributed by atoms with E-state index >= 15 is 0 Å². The van der Waals surface area contributed by atoms with Gasteiger partial charge in [-0.1, -0.05) is 58.1 Å². The third-order valence-corrected chi connectivity index (χ3v) is 3.77. The van der Waals surface area contributed by atoms with Crippen LogP contribution in [0.1, 0.15) is 27.7 Å². The van der Waals surface area contributed by atoms with Gasteiger partial charge in [-0.2, -0.15) is 0 Å². The highest BCUT2D eigenvalue weighted by Gasteiger charge is 2.37. The molecule has 74 valence electrons. The first-order chi connectivity index (χ1) is 6.52. The van der Waals surface area contributed by atoms with Gasteiger partial charge in [-0.05, 0) is 11.2 Å². The van der Waals surface area contributed by atoms with Gasteiger partial charge in [0.05, 0.1) is 0 Å². The van der Waals surface area contributed by atoms with Crippen molar-refractivity contribution in [1.82, 2.24) is 0 Å². The number of hydrogen-bond donors (Lipinski definition) is 0. The zero-order chi connectivity index (χ0) is 10.8. The van der Waals surface area contributed by atoms with Crippen molar-refractivity contribution in [3.8, 4) is 0 Å². The highest BCUT2D eigenvalue weighted by molar-refractivity contribution is 7.07. The topological polar surface area (TPSA) is 0 Å². The molecule has 0 fully saturated rings. The Morgan fingerprint density at radius 2 is 2.07 bits per heavy atom. The first-order valence-corrected chi connectivity index (χ1v) is 5.51. The minimum Gasteiger partial charge on any atom is -0.114 e. The van der Waals surface area contributed by atoms with E-state index in [1.54, 1.807) is 5.47 Å². The Morgan fingerprint density at radius 3 is 2.57 bits per heavy atom. The van der Waals surface area contributed by atoms with Crippen LogP contribution < -0.4 is 0 Å². The van der Waals surface area contributed by atoms with Crippen molar-refractivity contribution >= 4 is 14.3 Å². The lowest BCUT2D eigenvalue weighted by atomic mass is 9.30. The minimum absolute atomic E-state index is 0.379. The molecule has 0 radical (unpaired) electrons. The molecule has 0 aromatic rings. The van der Waals surface area contributed by atoms with Crippen LogP contribution in [0.3, 0.4) is 0 Å². The van der Waals surface area contributed by atoms with Crippen LogP contribution in [0.5, 0.6) is 0 Å². The van der Waals surface area contributed by atoms with Crippen molar-refractivity contribution in [2.24, 2.45) is 5.92 Å². The van der Waals surface area contributed by atoms with Crippen LogP contribution in [0.25, 0.3) is 0 Å². The summed E-state index contributed by atoms with van der Waals surface area (Å²) in [5.41, 5.74) is 3.09. The molecule has 1 rings (SSSR count). The van der Waals surface area contributed by atoms with Crippen LogP contribution in [0.2, 0.25) is 5.31 Å². The van der Waals surface area contributed by atoms with Crippen molar-refractivity contribution in [1.29, 1.82) is 0 Å². The summed E-state index contributed by atoms with van der Waals surface area (Å²) in [4.78, 5) is 0. The molecule has 1 aliphatic rings. The predicted octanol–water partition coefficient (Wildman–Crippen LogP) is 2.64. The molecule has 0 saturated carbocycles. The summed E-state index contributed by atoms with van der Waals surface area (Å²) < 4.78 is 0. The van der Waals surface area contributed by atoms with Gasteiger partial charge in [-0.25, -0.2) is 0 Å². The fourth-order valence-electron chi connectivity index (χ4n) is 2.30. The third-order valence-electron chi connectivity index (χ3n) is 3.77. The van der Waals surface area contributed by atoms with E-state index in [0.29, 0.717) is 11.2 Å². The molecule has 0 aromatic heterocycles. The molecule has 0 aliphatic carbocycles. The summed E-state index contributed by atoms with van der Waals surface area (Å²) in [5.74, 6) is 0.712. The first kappa shape index (κ1) is 11.4. The van der Waals surface area contributed by atoms with E-state index in [-0.39, 0.29) is 0 Å². The highest BCUT2D eigenvalue weighted by atomic mass is 14.3. The predicted molar refractivity (Wildman–Crippen MR) is 69.5 cm³/mol. The second-order valence-electron chi connectivity index (χ2n) is 4.86. The largest absolute Gasteiger partial charge is 0.119 e. The third kappa shape index (κ3) is 1.89. The Kier molecular flexibility index (Phi) is 3.47. The van der Waals surface area contributed by atoms with Crippen LogP contribution in [-0.2, 0) is 0 Å². The van der Waals surface area contributed by atoms with Gasteiger partial charge < -0.3 is 0 Å². The van der Waals surface area contributed by atoms with E-state index in [1.807, 2.05) is 6.08 Å². The second kappa shape index (κ2) is 4.25. The first-order valence-electron chi connectivity index (χ1n) is 5.51. The van der Waals surface area contributed by atoms with Crippen molar-refractivity contribution in [3.05, 3.63) is 35.9 Å². The summed E-state index contributed by atoms with van der Waals surface area (Å²) in [5, 5.41) is 0.379. The van der Waals surface area contributed by atoms with Gasteiger partial charge in [0.1, 0.15) is 14.3 Å². The maximum absolute atomic E-state index is 3.73. The van der Waals surface area contributed by atoms with Gasteiger partial charge in [0.15, 0.2) is 0 Å². The van der Waals surface area contributed by atoms with Gasteiger partial charge in [-0.3, -0.25) is 0 Å². The fourth-order valence-corrected chi connectivity index (χ4v) is 2.30. The fraction of sp³-hybridized carbons (Fsp3) is 0.500. The SMILES string of the molecule is C=C/C=C\C1=C(C)BBC1(C)C(C)C. The molecule has 0 nitrogen and oxygen atoms in total. The van der Waals surface area contributed by atoms with Crippen LogP contribution in [-0.4, -0.2) is 14.3 Å². The smallest absolute Gasteiger partial charge is 0.114 e. The van der Waals surface area contributed by atoms with Crippen molar-refractivity contribution in [2.75, 3.05) is 0 Å². The number of allylic oxidation sites excluding steroid dienone is 5. The monoisotopic (exact) mass is 186 g/mol. The van der Waals surface area contributed by atoms with Crippen molar-refractivity contribution in [3.63, 3.8) is 0 Å². The minimum atomic E-state index is 0.379. The lowest BCUT2D eigenvalue weighted by Crippen LogP contribution is -2.22. The van der Waals surface area contributed by atoms with E-state index < -0.39 is 0 Å². The number of rotatable bonds is 3. The van der Waals surface area contributed by atoms with E-state index in [2.05, 4.69) is 46.4 Å². The molecule has 0 N–H and O–H groups in total. The summed E-state index contributed by atoms with van der Waals surface area (Å²) in [6, 6.07) is 0. The van der Waals surface area contributed by atoms with Gasteiger partial charge in [0, 0.05) is 0 Å². The molecule has 2 heteroatoms. The van der Waals surface area contributed by atoms with Crippen molar-refractivity contribution < 1.29 is 0 Å². The molecule has 0 saturated heterocycles. The lowest BCUT2D eigenvalue weighted by molar-refractivity contribution is 0.509. The Labute approximate surface area is 89.6 Å². The van der Waals surface area contributed by atoms with E-state index in [0.717, 1.165) is 0 Å². The van der Waals surface area contributed by atoms with Crippen molar-refractivity contribution in [2.45, 2.75) is 33.0 Å². The van der Waals surface area contributed by atoms with Crippen LogP contribution >= 0.6 is 0 Å². The normalized spacial score (nSPS) is 26.9. The molecule has 0 amide bonds. The van der Waals surface area contributed by atoms with Crippen LogP contribution in [0.4, 0.5) is 0 Å².